The maximum absolute atomic E-state index is 4.47. The molecular weight excluding hydrogens is 266 g/mol. The van der Waals surface area contributed by atoms with E-state index in [0.717, 1.165) is 24.4 Å². The smallest absolute Gasteiger partial charge is 0.0640 e. The summed E-state index contributed by atoms with van der Waals surface area (Å²) in [5, 5.41) is 8.03. The zero-order valence-electron chi connectivity index (χ0n) is 12.5. The second-order valence-electron chi connectivity index (χ2n) is 5.02. The van der Waals surface area contributed by atoms with Gasteiger partial charge in [0.05, 0.1) is 5.69 Å². The van der Waals surface area contributed by atoms with Crippen molar-refractivity contribution in [3.63, 3.8) is 0 Å². The molecule has 108 valence electrons. The number of nitrogens with zero attached hydrogens (tertiary/aromatic N) is 2. The van der Waals surface area contributed by atoms with Gasteiger partial charge in [-0.1, -0.05) is 25.1 Å². The molecule has 1 heterocycles. The summed E-state index contributed by atoms with van der Waals surface area (Å²) in [4.78, 5) is 1.37. The van der Waals surface area contributed by atoms with Crippen LogP contribution < -0.4 is 5.32 Å². The van der Waals surface area contributed by atoms with Crippen LogP contribution in [0.15, 0.2) is 41.4 Å². The molecule has 0 aliphatic rings. The van der Waals surface area contributed by atoms with E-state index < -0.39 is 0 Å². The second kappa shape index (κ2) is 7.50. The van der Waals surface area contributed by atoms with Crippen molar-refractivity contribution in [1.82, 2.24) is 15.1 Å². The molecule has 0 spiro atoms. The molecule has 2 rings (SSSR count). The van der Waals surface area contributed by atoms with Gasteiger partial charge in [-0.25, -0.2) is 0 Å². The maximum atomic E-state index is 4.47. The van der Waals surface area contributed by atoms with Crippen LogP contribution in [0.1, 0.15) is 18.2 Å². The van der Waals surface area contributed by atoms with Crippen molar-refractivity contribution in [2.24, 2.45) is 7.05 Å². The summed E-state index contributed by atoms with van der Waals surface area (Å²) in [5.74, 6) is 1.06. The van der Waals surface area contributed by atoms with Crippen LogP contribution >= 0.6 is 11.8 Å². The van der Waals surface area contributed by atoms with Crippen LogP contribution in [0.4, 0.5) is 0 Å². The molecule has 2 aromatic rings. The van der Waals surface area contributed by atoms with Gasteiger partial charge in [0.15, 0.2) is 0 Å². The Balaban J connectivity index is 1.94. The second-order valence-corrected chi connectivity index (χ2v) is 6.08. The lowest BCUT2D eigenvalue weighted by atomic mass is 10.2. The largest absolute Gasteiger partial charge is 0.313 e. The standard InChI is InChI=1S/C16H23N3S/c1-4-17-15(11-14-9-10-19(3)18-14)12-20-16-8-6-5-7-13(16)2/h5-10,15,17H,4,11-12H2,1-3H3. The molecule has 3 nitrogen and oxygen atoms in total. The van der Waals surface area contributed by atoms with Crippen molar-refractivity contribution in [1.29, 1.82) is 0 Å². The van der Waals surface area contributed by atoms with Gasteiger partial charge in [-0.3, -0.25) is 4.68 Å². The average Bonchev–Trinajstić information content (AvgIpc) is 2.83. The van der Waals surface area contributed by atoms with Crippen LogP contribution in [-0.2, 0) is 13.5 Å². The molecule has 0 fully saturated rings. The lowest BCUT2D eigenvalue weighted by Crippen LogP contribution is -2.33. The molecule has 0 saturated carbocycles. The van der Waals surface area contributed by atoms with Crippen molar-refractivity contribution in [3.8, 4) is 0 Å². The van der Waals surface area contributed by atoms with Crippen LogP contribution in [0.3, 0.4) is 0 Å². The van der Waals surface area contributed by atoms with Crippen LogP contribution in [0.5, 0.6) is 0 Å². The fraction of sp³-hybridized carbons (Fsp3) is 0.438. The predicted octanol–water partition coefficient (Wildman–Crippen LogP) is 3.04. The molecule has 0 saturated heterocycles. The number of likely N-dealkylation sites (N-methyl/N-ethyl adjacent to an activating group) is 1. The highest BCUT2D eigenvalue weighted by atomic mass is 32.2. The molecular formula is C16H23N3S. The normalized spacial score (nSPS) is 12.6. The molecule has 0 amide bonds. The first-order valence-electron chi connectivity index (χ1n) is 7.09. The van der Waals surface area contributed by atoms with Gasteiger partial charge in [0.2, 0.25) is 0 Å². The summed E-state index contributed by atoms with van der Waals surface area (Å²) in [6.45, 7) is 5.32. The lowest BCUT2D eigenvalue weighted by molar-refractivity contribution is 0.561. The van der Waals surface area contributed by atoms with Crippen molar-refractivity contribution in [2.75, 3.05) is 12.3 Å². The van der Waals surface area contributed by atoms with Gasteiger partial charge in [-0.15, -0.1) is 11.8 Å². The first-order valence-corrected chi connectivity index (χ1v) is 8.08. The molecule has 4 heteroatoms. The topological polar surface area (TPSA) is 29.9 Å². The van der Waals surface area contributed by atoms with E-state index in [1.807, 2.05) is 29.7 Å². The van der Waals surface area contributed by atoms with E-state index in [1.54, 1.807) is 0 Å². The van der Waals surface area contributed by atoms with Crippen molar-refractivity contribution in [3.05, 3.63) is 47.8 Å². The SMILES string of the molecule is CCNC(CSc1ccccc1C)Cc1ccn(C)n1. The van der Waals surface area contributed by atoms with Crippen molar-refractivity contribution < 1.29 is 0 Å². The number of hydrogen-bond donors (Lipinski definition) is 1. The molecule has 1 atom stereocenters. The fourth-order valence-corrected chi connectivity index (χ4v) is 3.30. The number of aromatic nitrogens is 2. The summed E-state index contributed by atoms with van der Waals surface area (Å²) < 4.78 is 1.87. The Morgan fingerprint density at radius 2 is 2.10 bits per heavy atom. The maximum Gasteiger partial charge on any atom is 0.0640 e. The third kappa shape index (κ3) is 4.39. The zero-order chi connectivity index (χ0) is 14.4. The van der Waals surface area contributed by atoms with Gasteiger partial charge < -0.3 is 5.32 Å². The van der Waals surface area contributed by atoms with Gasteiger partial charge in [-0.05, 0) is 31.2 Å². The van der Waals surface area contributed by atoms with E-state index in [0.29, 0.717) is 6.04 Å². The number of benzene rings is 1. The highest BCUT2D eigenvalue weighted by Gasteiger charge is 2.11. The van der Waals surface area contributed by atoms with Crippen molar-refractivity contribution >= 4 is 11.8 Å². The Hall–Kier alpha value is -1.26. The van der Waals surface area contributed by atoms with Crippen LogP contribution in [-0.4, -0.2) is 28.1 Å². The monoisotopic (exact) mass is 289 g/mol. The van der Waals surface area contributed by atoms with E-state index in [2.05, 4.69) is 54.6 Å². The van der Waals surface area contributed by atoms with E-state index in [4.69, 9.17) is 0 Å². The van der Waals surface area contributed by atoms with Gasteiger partial charge in [0, 0.05) is 36.4 Å². The molecule has 1 N–H and O–H groups in total. The summed E-state index contributed by atoms with van der Waals surface area (Å²) in [6, 6.07) is 11.1. The molecule has 0 aliphatic carbocycles. The minimum atomic E-state index is 0.458. The van der Waals surface area contributed by atoms with Crippen LogP contribution in [0, 0.1) is 6.92 Å². The highest BCUT2D eigenvalue weighted by Crippen LogP contribution is 2.23. The fourth-order valence-electron chi connectivity index (χ4n) is 2.21. The Morgan fingerprint density at radius 1 is 1.30 bits per heavy atom. The summed E-state index contributed by atoms with van der Waals surface area (Å²) in [5.41, 5.74) is 2.51. The molecule has 0 radical (unpaired) electrons. The van der Waals surface area contributed by atoms with Crippen LogP contribution in [0.25, 0.3) is 0 Å². The minimum Gasteiger partial charge on any atom is -0.313 e. The molecule has 1 aromatic carbocycles. The zero-order valence-corrected chi connectivity index (χ0v) is 13.3. The highest BCUT2D eigenvalue weighted by molar-refractivity contribution is 7.99. The summed E-state index contributed by atoms with van der Waals surface area (Å²) >= 11 is 1.92. The number of rotatable bonds is 7. The quantitative estimate of drug-likeness (QED) is 0.795. The van der Waals surface area contributed by atoms with Crippen LogP contribution in [0.2, 0.25) is 0 Å². The van der Waals surface area contributed by atoms with E-state index in [9.17, 15) is 0 Å². The summed E-state index contributed by atoms with van der Waals surface area (Å²) in [6.07, 6.45) is 2.99. The summed E-state index contributed by atoms with van der Waals surface area (Å²) in [7, 11) is 1.97. The van der Waals surface area contributed by atoms with Gasteiger partial charge in [0.25, 0.3) is 0 Å². The first-order chi connectivity index (χ1) is 9.69. The molecule has 1 aromatic heterocycles. The van der Waals surface area contributed by atoms with E-state index in [-0.39, 0.29) is 0 Å². The Kier molecular flexibility index (Phi) is 5.68. The van der Waals surface area contributed by atoms with E-state index >= 15 is 0 Å². The predicted molar refractivity (Wildman–Crippen MR) is 86.3 cm³/mol. The van der Waals surface area contributed by atoms with Gasteiger partial charge in [0.1, 0.15) is 0 Å². The molecule has 1 unspecified atom stereocenters. The minimum absolute atomic E-state index is 0.458. The van der Waals surface area contributed by atoms with Gasteiger partial charge >= 0.3 is 0 Å². The molecule has 20 heavy (non-hydrogen) atoms. The van der Waals surface area contributed by atoms with Gasteiger partial charge in [-0.2, -0.15) is 5.10 Å². The number of hydrogen-bond acceptors (Lipinski definition) is 3. The molecule has 0 aliphatic heterocycles. The Bertz CT molecular complexity index is 536. The van der Waals surface area contributed by atoms with E-state index in [1.165, 1.54) is 10.5 Å². The number of aryl methyl sites for hydroxylation is 2. The third-order valence-corrected chi connectivity index (χ3v) is 4.59. The Morgan fingerprint density at radius 3 is 2.75 bits per heavy atom. The lowest BCUT2D eigenvalue weighted by Gasteiger charge is -2.17. The first kappa shape index (κ1) is 15.1. The third-order valence-electron chi connectivity index (χ3n) is 3.25. The number of nitrogens with one attached hydrogen (secondary N) is 1. The Labute approximate surface area is 125 Å². The molecule has 0 bridgehead atoms. The van der Waals surface area contributed by atoms with Crippen molar-refractivity contribution in [2.45, 2.75) is 31.2 Å². The number of thioether (sulfide) groups is 1. The average molecular weight is 289 g/mol.